The van der Waals surface area contributed by atoms with Gasteiger partial charge in [0.05, 0.1) is 6.10 Å². The second-order valence-corrected chi connectivity index (χ2v) is 4.70. The fourth-order valence-electron chi connectivity index (χ4n) is 1.41. The highest BCUT2D eigenvalue weighted by molar-refractivity contribution is 5.66. The van der Waals surface area contributed by atoms with Gasteiger partial charge < -0.3 is 15.9 Å². The summed E-state index contributed by atoms with van der Waals surface area (Å²) in [6.45, 7) is 4.23. The van der Waals surface area contributed by atoms with E-state index in [1.165, 1.54) is 38.5 Å². The van der Waals surface area contributed by atoms with Gasteiger partial charge in [-0.05, 0) is 13.3 Å². The minimum Gasteiger partial charge on any atom is -0.481 e. The van der Waals surface area contributed by atoms with E-state index in [9.17, 15) is 4.79 Å². The van der Waals surface area contributed by atoms with Crippen LogP contribution in [0.1, 0.15) is 71.6 Å². The normalized spacial score (nSPS) is 11.6. The molecule has 1 unspecified atom stereocenters. The largest absolute Gasteiger partial charge is 0.481 e. The second kappa shape index (κ2) is 16.4. The Hall–Kier alpha value is -0.610. The number of hydrogen-bond acceptors (Lipinski definition) is 3. The molecule has 0 aliphatic heterocycles. The Kier molecular flexibility index (Phi) is 18.0. The van der Waals surface area contributed by atoms with Gasteiger partial charge in [-0.3, -0.25) is 4.79 Å². The summed E-state index contributed by atoms with van der Waals surface area (Å²) >= 11 is 0. The summed E-state index contributed by atoms with van der Waals surface area (Å²) in [5.41, 5.74) is 4.92. The number of unbranched alkanes of at least 4 members (excludes halogenated alkanes) is 7. The van der Waals surface area contributed by atoms with Gasteiger partial charge in [-0.25, -0.2) is 0 Å². The molecule has 0 radical (unpaired) electrons. The van der Waals surface area contributed by atoms with E-state index in [0.29, 0.717) is 13.0 Å². The number of aliphatic carboxylic acids is 1. The van der Waals surface area contributed by atoms with Crippen molar-refractivity contribution in [1.82, 2.24) is 0 Å². The van der Waals surface area contributed by atoms with Gasteiger partial charge in [-0.2, -0.15) is 0 Å². The lowest BCUT2D eigenvalue weighted by Crippen LogP contribution is -2.14. The highest BCUT2D eigenvalue weighted by Gasteiger charge is 1.95. The van der Waals surface area contributed by atoms with Crippen LogP contribution in [0.3, 0.4) is 0 Å². The molecule has 0 aliphatic carbocycles. The first-order chi connectivity index (χ1) is 8.54. The van der Waals surface area contributed by atoms with Gasteiger partial charge in [0, 0.05) is 13.0 Å². The maximum atomic E-state index is 10.2. The average molecular weight is 261 g/mol. The van der Waals surface area contributed by atoms with Crippen LogP contribution >= 0.6 is 0 Å². The number of hydrogen-bond donors (Lipinski definition) is 3. The maximum Gasteiger partial charge on any atom is 0.303 e. The van der Waals surface area contributed by atoms with Crippen LogP contribution in [0.4, 0.5) is 0 Å². The Morgan fingerprint density at radius 2 is 1.44 bits per heavy atom. The van der Waals surface area contributed by atoms with Gasteiger partial charge >= 0.3 is 5.97 Å². The third kappa shape index (κ3) is 24.6. The van der Waals surface area contributed by atoms with E-state index < -0.39 is 5.97 Å². The van der Waals surface area contributed by atoms with Crippen molar-refractivity contribution in [1.29, 1.82) is 0 Å². The van der Waals surface area contributed by atoms with Crippen LogP contribution in [0.2, 0.25) is 0 Å². The molecule has 1 atom stereocenters. The van der Waals surface area contributed by atoms with Gasteiger partial charge in [0.25, 0.3) is 0 Å². The van der Waals surface area contributed by atoms with Gasteiger partial charge in [-0.1, -0.05) is 51.9 Å². The van der Waals surface area contributed by atoms with Gasteiger partial charge in [0.15, 0.2) is 0 Å². The molecule has 110 valence electrons. The molecular formula is C14H31NO3. The topological polar surface area (TPSA) is 83.5 Å². The molecule has 0 aliphatic rings. The van der Waals surface area contributed by atoms with Crippen LogP contribution < -0.4 is 5.73 Å². The lowest BCUT2D eigenvalue weighted by atomic mass is 10.1. The molecule has 0 saturated carbocycles. The zero-order chi connectivity index (χ0) is 14.2. The summed E-state index contributed by atoms with van der Waals surface area (Å²) in [5, 5.41) is 16.6. The highest BCUT2D eigenvalue weighted by Crippen LogP contribution is 2.09. The smallest absolute Gasteiger partial charge is 0.303 e. The number of nitrogens with two attached hydrogens (primary N) is 1. The Bertz CT molecular complexity index is 172. The Morgan fingerprint density at radius 1 is 1.06 bits per heavy atom. The number of carboxylic acid groups (broad SMARTS) is 1. The summed E-state index contributed by atoms with van der Waals surface area (Å²) in [5.74, 6) is -0.661. The first kappa shape index (κ1) is 19.7. The summed E-state index contributed by atoms with van der Waals surface area (Å²) in [6, 6.07) is 0. The van der Waals surface area contributed by atoms with Crippen LogP contribution in [-0.2, 0) is 4.79 Å². The molecular weight excluding hydrogens is 230 g/mol. The molecule has 4 heteroatoms. The van der Waals surface area contributed by atoms with E-state index in [0.717, 1.165) is 12.8 Å². The lowest BCUT2D eigenvalue weighted by Gasteiger charge is -1.99. The van der Waals surface area contributed by atoms with Crippen molar-refractivity contribution in [3.05, 3.63) is 0 Å². The molecule has 4 nitrogen and oxygen atoms in total. The van der Waals surface area contributed by atoms with Crippen molar-refractivity contribution < 1.29 is 15.0 Å². The number of rotatable bonds is 10. The molecule has 0 bridgehead atoms. The van der Waals surface area contributed by atoms with Crippen LogP contribution in [-0.4, -0.2) is 28.8 Å². The second-order valence-electron chi connectivity index (χ2n) is 4.70. The van der Waals surface area contributed by atoms with Crippen molar-refractivity contribution in [2.75, 3.05) is 6.54 Å². The van der Waals surface area contributed by atoms with Crippen LogP contribution in [0, 0.1) is 0 Å². The summed E-state index contributed by atoms with van der Waals surface area (Å²) < 4.78 is 0. The summed E-state index contributed by atoms with van der Waals surface area (Å²) in [4.78, 5) is 10.2. The standard InChI is InChI=1S/C11H22O2.C3H9NO/c1-2-3-4-5-6-7-8-9-10-11(12)13;1-3(5)2-4/h2-10H2,1H3,(H,12,13);3,5H,2,4H2,1H3. The van der Waals surface area contributed by atoms with Crippen LogP contribution in [0.15, 0.2) is 0 Å². The minimum absolute atomic E-state index is 0.338. The average Bonchev–Trinajstić information content (AvgIpc) is 2.33. The van der Waals surface area contributed by atoms with Gasteiger partial charge in [0.1, 0.15) is 0 Å². The van der Waals surface area contributed by atoms with Crippen LogP contribution in [0.25, 0.3) is 0 Å². The monoisotopic (exact) mass is 261 g/mol. The molecule has 0 aromatic rings. The molecule has 0 heterocycles. The molecule has 0 saturated heterocycles. The molecule has 4 N–H and O–H groups in total. The molecule has 0 fully saturated rings. The fourth-order valence-corrected chi connectivity index (χ4v) is 1.41. The number of carboxylic acids is 1. The SMILES string of the molecule is CC(O)CN.CCCCCCCCCCC(=O)O. The first-order valence-electron chi connectivity index (χ1n) is 7.14. The molecule has 18 heavy (non-hydrogen) atoms. The van der Waals surface area contributed by atoms with E-state index in [1.54, 1.807) is 6.92 Å². The third-order valence-corrected chi connectivity index (χ3v) is 2.59. The molecule has 0 rings (SSSR count). The van der Waals surface area contributed by atoms with Gasteiger partial charge in [0.2, 0.25) is 0 Å². The molecule has 0 spiro atoms. The zero-order valence-electron chi connectivity index (χ0n) is 12.0. The molecule has 0 aromatic carbocycles. The zero-order valence-corrected chi connectivity index (χ0v) is 12.0. The van der Waals surface area contributed by atoms with Crippen molar-refractivity contribution >= 4 is 5.97 Å². The number of carbonyl (C=O) groups is 1. The summed E-state index contributed by atoms with van der Waals surface area (Å²) in [6.07, 6.45) is 9.72. The van der Waals surface area contributed by atoms with Crippen LogP contribution in [0.5, 0.6) is 0 Å². The lowest BCUT2D eigenvalue weighted by molar-refractivity contribution is -0.137. The van der Waals surface area contributed by atoms with Crippen molar-refractivity contribution in [3.8, 4) is 0 Å². The predicted molar refractivity (Wildman–Crippen MR) is 75.6 cm³/mol. The van der Waals surface area contributed by atoms with Crippen molar-refractivity contribution in [3.63, 3.8) is 0 Å². The Morgan fingerprint density at radius 3 is 1.78 bits per heavy atom. The third-order valence-electron chi connectivity index (χ3n) is 2.59. The van der Waals surface area contributed by atoms with Crippen molar-refractivity contribution in [2.45, 2.75) is 77.7 Å². The van der Waals surface area contributed by atoms with E-state index in [2.05, 4.69) is 6.92 Å². The number of aliphatic hydroxyl groups is 1. The van der Waals surface area contributed by atoms with E-state index in [1.807, 2.05) is 0 Å². The van der Waals surface area contributed by atoms with E-state index >= 15 is 0 Å². The highest BCUT2D eigenvalue weighted by atomic mass is 16.4. The minimum atomic E-state index is -0.661. The molecule has 0 amide bonds. The van der Waals surface area contributed by atoms with Gasteiger partial charge in [-0.15, -0.1) is 0 Å². The quantitative estimate of drug-likeness (QED) is 0.528. The predicted octanol–water partition coefficient (Wildman–Crippen LogP) is 2.93. The molecule has 0 aromatic heterocycles. The van der Waals surface area contributed by atoms with E-state index in [-0.39, 0.29) is 6.10 Å². The first-order valence-corrected chi connectivity index (χ1v) is 7.14. The fraction of sp³-hybridized carbons (Fsp3) is 0.929. The van der Waals surface area contributed by atoms with E-state index in [4.69, 9.17) is 15.9 Å². The van der Waals surface area contributed by atoms with Crippen molar-refractivity contribution in [2.24, 2.45) is 5.73 Å². The Balaban J connectivity index is 0. The maximum absolute atomic E-state index is 10.2. The Labute approximate surface area is 112 Å². The summed E-state index contributed by atoms with van der Waals surface area (Å²) in [7, 11) is 0. The number of aliphatic hydroxyl groups excluding tert-OH is 1.